The first-order valence-corrected chi connectivity index (χ1v) is 6.29. The van der Waals surface area contributed by atoms with Crippen LogP contribution < -0.4 is 5.73 Å². The van der Waals surface area contributed by atoms with E-state index in [1.165, 1.54) is 18.4 Å². The Hall–Kier alpha value is -0.860. The molecule has 0 aliphatic heterocycles. The van der Waals surface area contributed by atoms with Crippen LogP contribution in [0.25, 0.3) is 0 Å². The zero-order valence-corrected chi connectivity index (χ0v) is 10.5. The molecular formula is C14H24N2. The first-order valence-electron chi connectivity index (χ1n) is 6.29. The Morgan fingerprint density at radius 3 is 2.25 bits per heavy atom. The topological polar surface area (TPSA) is 29.3 Å². The average Bonchev–Trinajstić information content (AvgIpc) is 2.32. The van der Waals surface area contributed by atoms with E-state index in [1.807, 2.05) is 0 Å². The molecular weight excluding hydrogens is 196 g/mol. The molecule has 0 saturated heterocycles. The van der Waals surface area contributed by atoms with Crippen molar-refractivity contribution in [2.75, 3.05) is 13.1 Å². The molecule has 0 spiro atoms. The monoisotopic (exact) mass is 220 g/mol. The highest BCUT2D eigenvalue weighted by Gasteiger charge is 2.14. The van der Waals surface area contributed by atoms with E-state index in [1.54, 1.807) is 0 Å². The van der Waals surface area contributed by atoms with Crippen LogP contribution in [0.15, 0.2) is 30.3 Å². The molecule has 0 saturated carbocycles. The zero-order chi connectivity index (χ0) is 11.8. The van der Waals surface area contributed by atoms with E-state index >= 15 is 0 Å². The van der Waals surface area contributed by atoms with Gasteiger partial charge in [0.25, 0.3) is 0 Å². The predicted octanol–water partition coefficient (Wildman–Crippen LogP) is 2.64. The van der Waals surface area contributed by atoms with Gasteiger partial charge < -0.3 is 5.73 Å². The van der Waals surface area contributed by atoms with E-state index in [0.29, 0.717) is 6.04 Å². The lowest BCUT2D eigenvalue weighted by atomic mass is 10.1. The Morgan fingerprint density at radius 1 is 1.12 bits per heavy atom. The summed E-state index contributed by atoms with van der Waals surface area (Å²) >= 11 is 0. The summed E-state index contributed by atoms with van der Waals surface area (Å²) in [7, 11) is 0. The molecule has 0 atom stereocenters. The number of nitrogens with zero attached hydrogens (tertiary/aromatic N) is 1. The van der Waals surface area contributed by atoms with Crippen LogP contribution in [0, 0.1) is 0 Å². The van der Waals surface area contributed by atoms with Crippen molar-refractivity contribution in [1.82, 2.24) is 4.90 Å². The first-order chi connectivity index (χ1) is 7.81. The van der Waals surface area contributed by atoms with Gasteiger partial charge in [-0.2, -0.15) is 0 Å². The molecule has 16 heavy (non-hydrogen) atoms. The summed E-state index contributed by atoms with van der Waals surface area (Å²) in [4.78, 5) is 2.50. The Labute approximate surface area is 99.5 Å². The number of benzene rings is 1. The Morgan fingerprint density at radius 2 is 1.75 bits per heavy atom. The summed E-state index contributed by atoms with van der Waals surface area (Å²) < 4.78 is 0. The molecule has 2 nitrogen and oxygen atoms in total. The predicted molar refractivity (Wildman–Crippen MR) is 70.3 cm³/mol. The highest BCUT2D eigenvalue weighted by molar-refractivity contribution is 5.14. The lowest BCUT2D eigenvalue weighted by molar-refractivity contribution is 0.182. The highest BCUT2D eigenvalue weighted by Crippen LogP contribution is 2.12. The normalized spacial score (nSPS) is 11.3. The smallest absolute Gasteiger partial charge is 0.0237 e. The van der Waals surface area contributed by atoms with Gasteiger partial charge in [0.1, 0.15) is 0 Å². The molecule has 90 valence electrons. The van der Waals surface area contributed by atoms with E-state index in [9.17, 15) is 0 Å². The second-order valence-electron chi connectivity index (χ2n) is 4.22. The molecule has 0 bridgehead atoms. The lowest BCUT2D eigenvalue weighted by Crippen LogP contribution is -2.37. The van der Waals surface area contributed by atoms with Crippen molar-refractivity contribution in [3.8, 4) is 0 Å². The molecule has 0 aliphatic rings. The minimum absolute atomic E-state index is 0.656. The van der Waals surface area contributed by atoms with Crippen molar-refractivity contribution in [2.45, 2.75) is 39.3 Å². The molecule has 0 radical (unpaired) electrons. The Balaban J connectivity index is 2.63. The van der Waals surface area contributed by atoms with Gasteiger partial charge in [0.15, 0.2) is 0 Å². The van der Waals surface area contributed by atoms with Crippen molar-refractivity contribution in [1.29, 1.82) is 0 Å². The molecule has 1 aromatic carbocycles. The second-order valence-corrected chi connectivity index (χ2v) is 4.22. The molecule has 2 N–H and O–H groups in total. The van der Waals surface area contributed by atoms with Gasteiger partial charge in [-0.3, -0.25) is 4.90 Å². The largest absolute Gasteiger partial charge is 0.329 e. The minimum atomic E-state index is 0.656. The summed E-state index contributed by atoms with van der Waals surface area (Å²) in [6.45, 7) is 7.25. The summed E-state index contributed by atoms with van der Waals surface area (Å²) in [5.74, 6) is 0. The molecule has 0 aromatic heterocycles. The van der Waals surface area contributed by atoms with Crippen LogP contribution >= 0.6 is 0 Å². The second kappa shape index (κ2) is 7.42. The lowest BCUT2D eigenvalue weighted by Gasteiger charge is -2.30. The van der Waals surface area contributed by atoms with E-state index in [-0.39, 0.29) is 0 Å². The number of hydrogen-bond donors (Lipinski definition) is 1. The van der Waals surface area contributed by atoms with Gasteiger partial charge in [0.05, 0.1) is 0 Å². The van der Waals surface area contributed by atoms with Gasteiger partial charge >= 0.3 is 0 Å². The molecule has 1 aromatic rings. The van der Waals surface area contributed by atoms with Crippen LogP contribution in [-0.4, -0.2) is 24.0 Å². The fourth-order valence-electron chi connectivity index (χ4n) is 2.18. The van der Waals surface area contributed by atoms with Crippen LogP contribution in [-0.2, 0) is 6.54 Å². The number of nitrogens with two attached hydrogens (primary N) is 1. The standard InChI is InChI=1S/C14H24N2/c1-3-14(4-2)16(11-10-15)12-13-8-6-5-7-9-13/h5-9,14H,3-4,10-12,15H2,1-2H3. The van der Waals surface area contributed by atoms with E-state index < -0.39 is 0 Å². The Bertz CT molecular complexity index is 267. The molecule has 0 heterocycles. The summed E-state index contributed by atoms with van der Waals surface area (Å²) in [5, 5.41) is 0. The molecule has 1 rings (SSSR count). The van der Waals surface area contributed by atoms with Crippen molar-refractivity contribution in [3.05, 3.63) is 35.9 Å². The van der Waals surface area contributed by atoms with Gasteiger partial charge in [-0.05, 0) is 18.4 Å². The molecule has 0 amide bonds. The third-order valence-electron chi connectivity index (χ3n) is 3.10. The fraction of sp³-hybridized carbons (Fsp3) is 0.571. The summed E-state index contributed by atoms with van der Waals surface area (Å²) in [6, 6.07) is 11.3. The van der Waals surface area contributed by atoms with E-state index in [0.717, 1.165) is 19.6 Å². The van der Waals surface area contributed by atoms with Crippen LogP contribution in [0.1, 0.15) is 32.3 Å². The van der Waals surface area contributed by atoms with Gasteiger partial charge in [-0.15, -0.1) is 0 Å². The average molecular weight is 220 g/mol. The van der Waals surface area contributed by atoms with Crippen molar-refractivity contribution >= 4 is 0 Å². The molecule has 2 heteroatoms. The first kappa shape index (κ1) is 13.2. The molecule has 0 aliphatic carbocycles. The maximum atomic E-state index is 5.69. The maximum absolute atomic E-state index is 5.69. The molecule has 0 unspecified atom stereocenters. The molecule has 0 fully saturated rings. The summed E-state index contributed by atoms with van der Waals surface area (Å²) in [5.41, 5.74) is 7.07. The minimum Gasteiger partial charge on any atom is -0.329 e. The fourth-order valence-corrected chi connectivity index (χ4v) is 2.18. The van der Waals surface area contributed by atoms with Crippen molar-refractivity contribution in [3.63, 3.8) is 0 Å². The van der Waals surface area contributed by atoms with Gasteiger partial charge in [0, 0.05) is 25.7 Å². The van der Waals surface area contributed by atoms with Crippen LogP contribution in [0.5, 0.6) is 0 Å². The van der Waals surface area contributed by atoms with Crippen LogP contribution in [0.3, 0.4) is 0 Å². The van der Waals surface area contributed by atoms with Gasteiger partial charge in [0.2, 0.25) is 0 Å². The summed E-state index contributed by atoms with van der Waals surface area (Å²) in [6.07, 6.45) is 2.40. The maximum Gasteiger partial charge on any atom is 0.0237 e. The number of hydrogen-bond acceptors (Lipinski definition) is 2. The quantitative estimate of drug-likeness (QED) is 0.765. The highest BCUT2D eigenvalue weighted by atomic mass is 15.2. The SMILES string of the molecule is CCC(CC)N(CCN)Cc1ccccc1. The third-order valence-corrected chi connectivity index (χ3v) is 3.10. The van der Waals surface area contributed by atoms with Gasteiger partial charge in [-0.25, -0.2) is 0 Å². The zero-order valence-electron chi connectivity index (χ0n) is 10.5. The van der Waals surface area contributed by atoms with Crippen molar-refractivity contribution in [2.24, 2.45) is 5.73 Å². The van der Waals surface area contributed by atoms with Crippen LogP contribution in [0.4, 0.5) is 0 Å². The van der Waals surface area contributed by atoms with E-state index in [4.69, 9.17) is 5.73 Å². The van der Waals surface area contributed by atoms with Crippen LogP contribution in [0.2, 0.25) is 0 Å². The Kier molecular flexibility index (Phi) is 6.12. The third kappa shape index (κ3) is 3.95. The van der Waals surface area contributed by atoms with Gasteiger partial charge in [-0.1, -0.05) is 44.2 Å². The number of rotatable bonds is 7. The van der Waals surface area contributed by atoms with Crippen molar-refractivity contribution < 1.29 is 0 Å². The van der Waals surface area contributed by atoms with E-state index in [2.05, 4.69) is 49.1 Å².